The molecule has 1 aliphatic rings. The molecule has 2 aromatic heterocycles. The summed E-state index contributed by atoms with van der Waals surface area (Å²) in [5, 5.41) is 18.8. The van der Waals surface area contributed by atoms with Gasteiger partial charge in [0.1, 0.15) is 12.3 Å². The van der Waals surface area contributed by atoms with E-state index in [4.69, 9.17) is 4.74 Å². The maximum absolute atomic E-state index is 11.7. The lowest BCUT2D eigenvalue weighted by atomic mass is 9.84. The van der Waals surface area contributed by atoms with Crippen LogP contribution in [0.1, 0.15) is 74.8 Å². The molecule has 2 heterocycles. The number of hydrogen-bond acceptors (Lipinski definition) is 6. The largest absolute Gasteiger partial charge is 0.503 e. The van der Waals surface area contributed by atoms with Gasteiger partial charge in [-0.3, -0.25) is 14.4 Å². The lowest BCUT2D eigenvalue weighted by Gasteiger charge is -2.23. The zero-order valence-electron chi connectivity index (χ0n) is 32.0. The molecule has 0 atom stereocenters. The molecule has 0 unspecified atom stereocenters. The van der Waals surface area contributed by atoms with Gasteiger partial charge in [-0.05, 0) is 85.1 Å². The van der Waals surface area contributed by atoms with E-state index in [0.29, 0.717) is 18.7 Å². The Morgan fingerprint density at radius 3 is 2.26 bits per heavy atom. The maximum atomic E-state index is 11.7. The Hall–Kier alpha value is -5.47. The third-order valence-electron chi connectivity index (χ3n) is 10.2. The zero-order valence-corrected chi connectivity index (χ0v) is 32.0. The van der Waals surface area contributed by atoms with Crippen molar-refractivity contribution in [2.24, 2.45) is 0 Å². The molecule has 1 aliphatic carbocycles. The van der Waals surface area contributed by atoms with Gasteiger partial charge in [0, 0.05) is 50.4 Å². The summed E-state index contributed by atoms with van der Waals surface area (Å²) in [4.78, 5) is 14.0. The molecule has 280 valence electrons. The van der Waals surface area contributed by atoms with E-state index < -0.39 is 0 Å². The molecule has 0 spiro atoms. The molecular formula is C46H53N5O3. The normalized spacial score (nSPS) is 13.4. The first-order valence-corrected chi connectivity index (χ1v) is 19.4. The molecule has 3 aromatic carbocycles. The van der Waals surface area contributed by atoms with Crippen LogP contribution in [0.5, 0.6) is 5.75 Å². The van der Waals surface area contributed by atoms with E-state index in [1.165, 1.54) is 39.5 Å². The maximum Gasteiger partial charge on any atom is 0.223 e. The average molecular weight is 724 g/mol. The molecule has 54 heavy (non-hydrogen) atoms. The summed E-state index contributed by atoms with van der Waals surface area (Å²) in [6, 6.07) is 31.5. The van der Waals surface area contributed by atoms with Crippen LogP contribution in [0.15, 0.2) is 132 Å². The van der Waals surface area contributed by atoms with Crippen LogP contribution in [0.25, 0.3) is 22.4 Å². The molecule has 0 bridgehead atoms. The number of allylic oxidation sites excluding steroid dienone is 6. The number of hydrogen-bond donors (Lipinski definition) is 1. The van der Waals surface area contributed by atoms with Gasteiger partial charge in [0.25, 0.3) is 0 Å². The molecule has 0 saturated carbocycles. The fraction of sp³-hybridized carbons (Fsp3) is 0.326. The van der Waals surface area contributed by atoms with E-state index in [2.05, 4.69) is 126 Å². The van der Waals surface area contributed by atoms with Gasteiger partial charge >= 0.3 is 0 Å². The number of unbranched alkanes of at least 4 members (excludes halogenated alkanes) is 2. The summed E-state index contributed by atoms with van der Waals surface area (Å²) in [5.41, 5.74) is 10.2. The minimum Gasteiger partial charge on any atom is -0.503 e. The highest BCUT2D eigenvalue weighted by Crippen LogP contribution is 2.38. The molecular weight excluding hydrogens is 671 g/mol. The predicted octanol–water partition coefficient (Wildman–Crippen LogP) is 9.32. The van der Waals surface area contributed by atoms with Crippen molar-refractivity contribution in [3.8, 4) is 17.0 Å². The summed E-state index contributed by atoms with van der Waals surface area (Å²) in [6.07, 6.45) is 14.6. The van der Waals surface area contributed by atoms with Gasteiger partial charge in [0.15, 0.2) is 5.75 Å². The number of pyridine rings is 1. The van der Waals surface area contributed by atoms with Gasteiger partial charge in [0.05, 0.1) is 17.6 Å². The second-order valence-electron chi connectivity index (χ2n) is 14.0. The smallest absolute Gasteiger partial charge is 0.223 e. The summed E-state index contributed by atoms with van der Waals surface area (Å²) < 4.78 is 10.2. The third-order valence-corrected chi connectivity index (χ3v) is 10.2. The molecule has 6 rings (SSSR count). The zero-order chi connectivity index (χ0) is 37.7. The van der Waals surface area contributed by atoms with E-state index in [0.717, 1.165) is 81.7 Å². The van der Waals surface area contributed by atoms with E-state index >= 15 is 0 Å². The van der Waals surface area contributed by atoms with Crippen LogP contribution in [0, 0.1) is 0 Å². The number of nitrogens with zero attached hydrogens (tertiary/aromatic N) is 5. The Kier molecular flexibility index (Phi) is 13.5. The van der Waals surface area contributed by atoms with Crippen LogP contribution in [0.4, 0.5) is 0 Å². The van der Waals surface area contributed by atoms with E-state index in [9.17, 15) is 9.90 Å². The number of likely N-dealkylation sites (N-methyl/N-ethyl adjacent to an activating group) is 1. The lowest BCUT2D eigenvalue weighted by Crippen LogP contribution is -2.22. The van der Waals surface area contributed by atoms with Crippen LogP contribution in [0.3, 0.4) is 0 Å². The van der Waals surface area contributed by atoms with Crippen LogP contribution in [0.2, 0.25) is 0 Å². The number of rotatable bonds is 18. The molecule has 0 amide bonds. The Bertz CT molecular complexity index is 2110. The van der Waals surface area contributed by atoms with E-state index in [-0.39, 0.29) is 11.2 Å². The Balaban J connectivity index is 0.954. The van der Waals surface area contributed by atoms with Crippen molar-refractivity contribution in [3.63, 3.8) is 0 Å². The van der Waals surface area contributed by atoms with Gasteiger partial charge in [-0.1, -0.05) is 110 Å². The van der Waals surface area contributed by atoms with Gasteiger partial charge in [-0.2, -0.15) is 0 Å². The Morgan fingerprint density at radius 1 is 0.852 bits per heavy atom. The standard InChI is InChI=1S/C46H53N5O3/c1-4-41(36-15-9-6-10-16-36)45(38-17-11-7-12-18-38)39-23-25-40(26-24-39)54-32-31-49(3)33-35-19-21-37(22-20-35)42-34-51(48-47-42)29-14-8-13-28-50-30-27-44(52)46(53)43(50)5-2/h6-7,9-12,15-23,25,27,30,34,53H,4-5,8,13-14,24,26,28-29,31-33H2,1-3H3/b45-41-. The number of aryl methyl sites for hydroxylation is 2. The van der Waals surface area contributed by atoms with Crippen LogP contribution in [-0.2, 0) is 30.8 Å². The number of aromatic nitrogens is 4. The summed E-state index contributed by atoms with van der Waals surface area (Å²) >= 11 is 0. The van der Waals surface area contributed by atoms with Crippen molar-refractivity contribution in [2.45, 2.75) is 78.4 Å². The molecule has 0 radical (unpaired) electrons. The molecule has 0 fully saturated rings. The number of ether oxygens (including phenoxy) is 1. The van der Waals surface area contributed by atoms with Gasteiger partial charge in [-0.15, -0.1) is 5.10 Å². The molecule has 1 N–H and O–H groups in total. The third kappa shape index (κ3) is 9.94. The minimum atomic E-state index is -0.315. The fourth-order valence-electron chi connectivity index (χ4n) is 7.23. The van der Waals surface area contributed by atoms with Crippen molar-refractivity contribution in [1.82, 2.24) is 24.5 Å². The second-order valence-corrected chi connectivity index (χ2v) is 14.0. The Labute approximate surface area is 319 Å². The topological polar surface area (TPSA) is 85.4 Å². The first-order valence-electron chi connectivity index (χ1n) is 19.4. The highest BCUT2D eigenvalue weighted by molar-refractivity contribution is 5.98. The minimum absolute atomic E-state index is 0.128. The average Bonchev–Trinajstić information content (AvgIpc) is 3.68. The van der Waals surface area contributed by atoms with Gasteiger partial charge in [0.2, 0.25) is 5.43 Å². The summed E-state index contributed by atoms with van der Waals surface area (Å²) in [5.74, 6) is 0.921. The van der Waals surface area contributed by atoms with Crippen LogP contribution in [-0.4, -0.2) is 49.8 Å². The van der Waals surface area contributed by atoms with E-state index in [1.54, 1.807) is 6.20 Å². The lowest BCUT2D eigenvalue weighted by molar-refractivity contribution is 0.162. The van der Waals surface area contributed by atoms with Crippen LogP contribution >= 0.6 is 0 Å². The SMILES string of the molecule is CC/C(=C(/C1=CC=C(OCCN(C)Cc2ccc(-c3cn(CCCCCn4ccc(=O)c(O)c4CC)nn3)cc2)CC1)c1ccccc1)c1ccccc1. The van der Waals surface area contributed by atoms with Gasteiger partial charge in [-0.25, -0.2) is 0 Å². The first-order chi connectivity index (χ1) is 26.4. The highest BCUT2D eigenvalue weighted by atomic mass is 16.5. The van der Waals surface area contributed by atoms with Crippen molar-refractivity contribution < 1.29 is 9.84 Å². The molecule has 0 aliphatic heterocycles. The second kappa shape index (κ2) is 19.0. The molecule has 5 aromatic rings. The number of benzene rings is 3. The number of aromatic hydroxyl groups is 1. The summed E-state index contributed by atoms with van der Waals surface area (Å²) in [7, 11) is 2.14. The molecule has 8 nitrogen and oxygen atoms in total. The fourth-order valence-corrected chi connectivity index (χ4v) is 7.23. The van der Waals surface area contributed by atoms with Crippen molar-refractivity contribution in [3.05, 3.63) is 159 Å². The Morgan fingerprint density at radius 2 is 1.57 bits per heavy atom. The van der Waals surface area contributed by atoms with Crippen molar-refractivity contribution >= 4 is 11.1 Å². The van der Waals surface area contributed by atoms with Crippen molar-refractivity contribution in [1.29, 1.82) is 0 Å². The van der Waals surface area contributed by atoms with Crippen LogP contribution < -0.4 is 5.43 Å². The monoisotopic (exact) mass is 723 g/mol. The van der Waals surface area contributed by atoms with Gasteiger partial charge < -0.3 is 14.4 Å². The first kappa shape index (κ1) is 38.3. The predicted molar refractivity (Wildman–Crippen MR) is 219 cm³/mol. The quantitative estimate of drug-likeness (QED) is 0.0717. The van der Waals surface area contributed by atoms with Crippen molar-refractivity contribution in [2.75, 3.05) is 20.2 Å². The van der Waals surface area contributed by atoms with E-state index in [1.807, 2.05) is 22.4 Å². The highest BCUT2D eigenvalue weighted by Gasteiger charge is 2.18. The molecule has 0 saturated heterocycles. The summed E-state index contributed by atoms with van der Waals surface area (Å²) in [6.45, 7) is 8.08. The molecule has 8 heteroatoms.